The fourth-order valence-electron chi connectivity index (χ4n) is 2.64. The molecule has 0 unspecified atom stereocenters. The van der Waals surface area contributed by atoms with E-state index in [0.29, 0.717) is 0 Å². The molecule has 1 N–H and O–H groups in total. The van der Waals surface area contributed by atoms with Crippen LogP contribution in [0.2, 0.25) is 0 Å². The maximum absolute atomic E-state index is 5.55. The van der Waals surface area contributed by atoms with Crippen LogP contribution >= 0.6 is 0 Å². The highest BCUT2D eigenvalue weighted by molar-refractivity contribution is 5.40. The molecule has 20 heavy (non-hydrogen) atoms. The summed E-state index contributed by atoms with van der Waals surface area (Å²) in [5.74, 6) is 1.01. The Labute approximate surface area is 123 Å². The average molecular weight is 276 g/mol. The van der Waals surface area contributed by atoms with E-state index in [4.69, 9.17) is 4.74 Å². The van der Waals surface area contributed by atoms with Gasteiger partial charge in [0.05, 0.1) is 7.11 Å². The number of rotatable bonds is 5. The second-order valence-corrected chi connectivity index (χ2v) is 6.29. The molecule has 3 heteroatoms. The van der Waals surface area contributed by atoms with Gasteiger partial charge in [-0.05, 0) is 23.5 Å². The van der Waals surface area contributed by atoms with Crippen LogP contribution in [0.4, 0.5) is 0 Å². The van der Waals surface area contributed by atoms with Crippen molar-refractivity contribution >= 4 is 0 Å². The molecule has 2 rings (SSSR count). The van der Waals surface area contributed by atoms with Crippen LogP contribution in [0.15, 0.2) is 18.2 Å². The summed E-state index contributed by atoms with van der Waals surface area (Å²) in [6, 6.07) is 6.68. The van der Waals surface area contributed by atoms with Crippen molar-refractivity contribution in [2.75, 3.05) is 33.3 Å². The van der Waals surface area contributed by atoms with Crippen LogP contribution in [0.25, 0.3) is 0 Å². The Morgan fingerprint density at radius 2 is 1.95 bits per heavy atom. The van der Waals surface area contributed by atoms with E-state index in [-0.39, 0.29) is 5.41 Å². The van der Waals surface area contributed by atoms with Crippen LogP contribution < -0.4 is 10.1 Å². The summed E-state index contributed by atoms with van der Waals surface area (Å²) in [5.41, 5.74) is 2.95. The van der Waals surface area contributed by atoms with Gasteiger partial charge in [-0.3, -0.25) is 4.90 Å². The minimum atomic E-state index is 0.227. The van der Waals surface area contributed by atoms with E-state index >= 15 is 0 Å². The second kappa shape index (κ2) is 6.59. The van der Waals surface area contributed by atoms with E-state index in [9.17, 15) is 0 Å². The van der Waals surface area contributed by atoms with Gasteiger partial charge in [0, 0.05) is 38.3 Å². The van der Waals surface area contributed by atoms with Crippen LogP contribution in [0.5, 0.6) is 5.75 Å². The van der Waals surface area contributed by atoms with E-state index in [1.807, 2.05) is 0 Å². The fraction of sp³-hybridized carbons (Fsp3) is 0.647. The number of hydrogen-bond acceptors (Lipinski definition) is 3. The molecule has 1 heterocycles. The van der Waals surface area contributed by atoms with E-state index in [1.165, 1.54) is 11.1 Å². The Balaban J connectivity index is 2.22. The van der Waals surface area contributed by atoms with Gasteiger partial charge in [0.25, 0.3) is 0 Å². The summed E-state index contributed by atoms with van der Waals surface area (Å²) >= 11 is 0. The van der Waals surface area contributed by atoms with Gasteiger partial charge in [-0.1, -0.05) is 32.9 Å². The third-order valence-corrected chi connectivity index (χ3v) is 4.55. The lowest BCUT2D eigenvalue weighted by Crippen LogP contribution is -2.42. The summed E-state index contributed by atoms with van der Waals surface area (Å²) in [7, 11) is 1.77. The lowest BCUT2D eigenvalue weighted by atomic mass is 9.81. The molecule has 1 fully saturated rings. The number of benzene rings is 1. The van der Waals surface area contributed by atoms with Crippen LogP contribution in [-0.4, -0.2) is 38.2 Å². The van der Waals surface area contributed by atoms with Crippen molar-refractivity contribution in [2.24, 2.45) is 0 Å². The first-order valence-electron chi connectivity index (χ1n) is 7.67. The molecule has 3 nitrogen and oxygen atoms in total. The number of nitrogens with one attached hydrogen (secondary N) is 1. The van der Waals surface area contributed by atoms with Crippen molar-refractivity contribution in [3.05, 3.63) is 29.3 Å². The number of methoxy groups -OCH3 is 1. The molecular formula is C17H28N2O. The van der Waals surface area contributed by atoms with Gasteiger partial charge in [0.1, 0.15) is 5.75 Å². The van der Waals surface area contributed by atoms with E-state index in [0.717, 1.165) is 44.9 Å². The molecule has 0 amide bonds. The number of nitrogens with zero attached hydrogens (tertiary/aromatic N) is 1. The van der Waals surface area contributed by atoms with Gasteiger partial charge in [0.15, 0.2) is 0 Å². The summed E-state index contributed by atoms with van der Waals surface area (Å²) < 4.78 is 5.55. The number of ether oxygens (including phenoxy) is 1. The second-order valence-electron chi connectivity index (χ2n) is 6.29. The monoisotopic (exact) mass is 276 g/mol. The molecule has 0 saturated carbocycles. The number of piperazine rings is 1. The predicted molar refractivity (Wildman–Crippen MR) is 84.5 cm³/mol. The lowest BCUT2D eigenvalue weighted by Gasteiger charge is -2.29. The molecule has 1 aliphatic rings. The van der Waals surface area contributed by atoms with Gasteiger partial charge in [-0.2, -0.15) is 0 Å². The molecular weight excluding hydrogens is 248 g/mol. The fourth-order valence-corrected chi connectivity index (χ4v) is 2.64. The molecule has 0 radical (unpaired) electrons. The highest BCUT2D eigenvalue weighted by Crippen LogP contribution is 2.31. The minimum absolute atomic E-state index is 0.227. The van der Waals surface area contributed by atoms with Crippen molar-refractivity contribution in [1.29, 1.82) is 0 Å². The minimum Gasteiger partial charge on any atom is -0.496 e. The summed E-state index contributed by atoms with van der Waals surface area (Å²) in [4.78, 5) is 2.50. The maximum atomic E-state index is 5.55. The Bertz CT molecular complexity index is 437. The first-order chi connectivity index (χ1) is 9.56. The normalized spacial score (nSPS) is 17.2. The first-order valence-corrected chi connectivity index (χ1v) is 7.67. The molecule has 0 aromatic heterocycles. The van der Waals surface area contributed by atoms with Crippen molar-refractivity contribution < 1.29 is 4.74 Å². The van der Waals surface area contributed by atoms with Gasteiger partial charge < -0.3 is 10.1 Å². The molecule has 1 aromatic rings. The molecule has 0 spiro atoms. The highest BCUT2D eigenvalue weighted by Gasteiger charge is 2.20. The average Bonchev–Trinajstić information content (AvgIpc) is 2.48. The van der Waals surface area contributed by atoms with Crippen LogP contribution in [0, 0.1) is 0 Å². The van der Waals surface area contributed by atoms with Crippen molar-refractivity contribution in [1.82, 2.24) is 10.2 Å². The molecule has 0 atom stereocenters. The third-order valence-electron chi connectivity index (χ3n) is 4.55. The van der Waals surface area contributed by atoms with Crippen molar-refractivity contribution in [3.63, 3.8) is 0 Å². The van der Waals surface area contributed by atoms with Gasteiger partial charge in [0.2, 0.25) is 0 Å². The summed E-state index contributed by atoms with van der Waals surface area (Å²) in [6.45, 7) is 12.3. The molecule has 1 saturated heterocycles. The Hall–Kier alpha value is -1.06. The largest absolute Gasteiger partial charge is 0.496 e. The molecule has 1 aliphatic heterocycles. The van der Waals surface area contributed by atoms with Gasteiger partial charge in [-0.15, -0.1) is 0 Å². The lowest BCUT2D eigenvalue weighted by molar-refractivity contribution is 0.230. The predicted octanol–water partition coefficient (Wildman–Crippen LogP) is 2.79. The standard InChI is InChI=1S/C17H28N2O/c1-5-17(2,3)15-6-7-16(20-4)14(12-15)13-19-10-8-18-9-11-19/h6-7,12,18H,5,8-11,13H2,1-4H3. The van der Waals surface area contributed by atoms with Crippen LogP contribution in [0.1, 0.15) is 38.3 Å². The van der Waals surface area contributed by atoms with Crippen molar-refractivity contribution in [3.8, 4) is 5.75 Å². The van der Waals surface area contributed by atoms with Crippen LogP contribution in [-0.2, 0) is 12.0 Å². The molecule has 0 bridgehead atoms. The topological polar surface area (TPSA) is 24.5 Å². The zero-order valence-electron chi connectivity index (χ0n) is 13.3. The smallest absolute Gasteiger partial charge is 0.123 e. The molecule has 0 aliphatic carbocycles. The molecule has 112 valence electrons. The zero-order valence-corrected chi connectivity index (χ0v) is 13.3. The van der Waals surface area contributed by atoms with E-state index in [1.54, 1.807) is 7.11 Å². The quantitative estimate of drug-likeness (QED) is 0.895. The molecule has 1 aromatic carbocycles. The number of hydrogen-bond donors (Lipinski definition) is 1. The zero-order chi connectivity index (χ0) is 14.6. The van der Waals surface area contributed by atoms with Crippen LogP contribution in [0.3, 0.4) is 0 Å². The Kier molecular flexibility index (Phi) is 5.06. The van der Waals surface area contributed by atoms with Crippen molar-refractivity contribution in [2.45, 2.75) is 39.2 Å². The first kappa shape index (κ1) is 15.3. The highest BCUT2D eigenvalue weighted by atomic mass is 16.5. The SMILES string of the molecule is CCC(C)(C)c1ccc(OC)c(CN2CCNCC2)c1. The third kappa shape index (κ3) is 3.53. The Morgan fingerprint density at radius 1 is 1.25 bits per heavy atom. The van der Waals surface area contributed by atoms with E-state index in [2.05, 4.69) is 49.2 Å². The van der Waals surface area contributed by atoms with Gasteiger partial charge in [-0.25, -0.2) is 0 Å². The van der Waals surface area contributed by atoms with Gasteiger partial charge >= 0.3 is 0 Å². The van der Waals surface area contributed by atoms with E-state index < -0.39 is 0 Å². The summed E-state index contributed by atoms with van der Waals surface area (Å²) in [6.07, 6.45) is 1.15. The Morgan fingerprint density at radius 3 is 2.55 bits per heavy atom. The maximum Gasteiger partial charge on any atom is 0.123 e. The summed E-state index contributed by atoms with van der Waals surface area (Å²) in [5, 5.41) is 3.40.